The van der Waals surface area contributed by atoms with Gasteiger partial charge in [-0.25, -0.2) is 9.18 Å². The zero-order chi connectivity index (χ0) is 20.3. The second-order valence-electron chi connectivity index (χ2n) is 6.95. The van der Waals surface area contributed by atoms with Gasteiger partial charge in [-0.05, 0) is 31.0 Å². The zero-order valence-electron chi connectivity index (χ0n) is 16.5. The van der Waals surface area contributed by atoms with Crippen molar-refractivity contribution < 1.29 is 18.7 Å². The highest BCUT2D eigenvalue weighted by molar-refractivity contribution is 6.00. The van der Waals surface area contributed by atoms with Crippen molar-refractivity contribution in [2.75, 3.05) is 38.2 Å². The summed E-state index contributed by atoms with van der Waals surface area (Å²) in [5.41, 5.74) is 2.83. The number of halogens is 1. The Morgan fingerprint density at radius 2 is 1.86 bits per heavy atom. The van der Waals surface area contributed by atoms with E-state index in [9.17, 15) is 14.0 Å². The van der Waals surface area contributed by atoms with E-state index in [0.717, 1.165) is 6.42 Å². The molecule has 1 N–H and O–H groups in total. The number of aryl methyl sites for hydroxylation is 1. The molecule has 0 spiro atoms. The minimum Gasteiger partial charge on any atom is -0.465 e. The fourth-order valence-electron chi connectivity index (χ4n) is 3.75. The Labute approximate surface area is 164 Å². The van der Waals surface area contributed by atoms with Gasteiger partial charge in [0.05, 0.1) is 18.4 Å². The summed E-state index contributed by atoms with van der Waals surface area (Å²) in [7, 11) is 1.34. The molecule has 0 bridgehead atoms. The third-order valence-electron chi connectivity index (χ3n) is 5.15. The van der Waals surface area contributed by atoms with Crippen LogP contribution >= 0.6 is 0 Å². The smallest absolute Gasteiger partial charge is 0.339 e. The molecule has 1 aliphatic heterocycles. The first-order valence-electron chi connectivity index (χ1n) is 9.56. The first kappa shape index (κ1) is 19.9. The average Bonchev–Trinajstić information content (AvgIpc) is 3.03. The molecule has 0 saturated carbocycles. The van der Waals surface area contributed by atoms with E-state index in [0.29, 0.717) is 60.8 Å². The Hall–Kier alpha value is -2.83. The lowest BCUT2D eigenvalue weighted by Gasteiger charge is -2.36. The summed E-state index contributed by atoms with van der Waals surface area (Å²) in [6.07, 6.45) is 1.42. The molecule has 0 aliphatic carbocycles. The van der Waals surface area contributed by atoms with Gasteiger partial charge in [-0.3, -0.25) is 4.79 Å². The highest BCUT2D eigenvalue weighted by atomic mass is 19.1. The number of hydrogen-bond acceptors (Lipinski definition) is 4. The maximum absolute atomic E-state index is 14.0. The van der Waals surface area contributed by atoms with Crippen LogP contribution in [0.25, 0.3) is 0 Å². The van der Waals surface area contributed by atoms with Crippen molar-refractivity contribution in [2.24, 2.45) is 0 Å². The summed E-state index contributed by atoms with van der Waals surface area (Å²) < 4.78 is 18.9. The highest BCUT2D eigenvalue weighted by Gasteiger charge is 2.29. The van der Waals surface area contributed by atoms with Crippen LogP contribution in [-0.4, -0.2) is 55.0 Å². The standard InChI is InChI=1S/C21H26FN3O3/c1-4-7-15-18(21(27)28-3)14(2)23-19(15)20(26)25-12-10-24(11-13-25)17-9-6-5-8-16(17)22/h5-6,8-9,23H,4,7,10-13H2,1-3H3. The number of carbonyl (C=O) groups excluding carboxylic acids is 2. The summed E-state index contributed by atoms with van der Waals surface area (Å²) in [4.78, 5) is 32.1. The molecule has 1 aliphatic rings. The van der Waals surface area contributed by atoms with E-state index in [4.69, 9.17) is 4.74 Å². The van der Waals surface area contributed by atoms with Crippen molar-refractivity contribution in [3.8, 4) is 0 Å². The molecule has 1 saturated heterocycles. The van der Waals surface area contributed by atoms with Gasteiger partial charge < -0.3 is 19.5 Å². The van der Waals surface area contributed by atoms with Crippen molar-refractivity contribution in [1.82, 2.24) is 9.88 Å². The molecule has 2 heterocycles. The number of anilines is 1. The van der Waals surface area contributed by atoms with Gasteiger partial charge in [0.15, 0.2) is 0 Å². The van der Waals surface area contributed by atoms with E-state index >= 15 is 0 Å². The number of nitrogens with zero attached hydrogens (tertiary/aromatic N) is 2. The van der Waals surface area contributed by atoms with Crippen molar-refractivity contribution in [3.63, 3.8) is 0 Å². The molecule has 1 aromatic heterocycles. The highest BCUT2D eigenvalue weighted by Crippen LogP contribution is 2.25. The number of rotatable bonds is 5. The minimum atomic E-state index is -0.430. The molecule has 1 fully saturated rings. The third kappa shape index (κ3) is 3.74. The Kier molecular flexibility index (Phi) is 6.02. The van der Waals surface area contributed by atoms with Crippen molar-refractivity contribution in [1.29, 1.82) is 0 Å². The van der Waals surface area contributed by atoms with Crippen LogP contribution in [0.2, 0.25) is 0 Å². The predicted molar refractivity (Wildman–Crippen MR) is 105 cm³/mol. The van der Waals surface area contributed by atoms with Crippen molar-refractivity contribution >= 4 is 17.6 Å². The molecule has 3 rings (SSSR count). The molecule has 1 amide bonds. The van der Waals surface area contributed by atoms with E-state index in [1.807, 2.05) is 17.9 Å². The Bertz CT molecular complexity index is 870. The average molecular weight is 387 g/mol. The number of amides is 1. The van der Waals surface area contributed by atoms with Crippen LogP contribution in [-0.2, 0) is 11.2 Å². The molecule has 150 valence electrons. The normalized spacial score (nSPS) is 14.3. The first-order valence-corrected chi connectivity index (χ1v) is 9.56. The quantitative estimate of drug-likeness (QED) is 0.801. The van der Waals surface area contributed by atoms with Gasteiger partial charge in [0.25, 0.3) is 5.91 Å². The molecule has 0 radical (unpaired) electrons. The Morgan fingerprint density at radius 3 is 2.46 bits per heavy atom. The number of methoxy groups -OCH3 is 1. The van der Waals surface area contributed by atoms with Gasteiger partial charge in [0.1, 0.15) is 11.5 Å². The molecule has 28 heavy (non-hydrogen) atoms. The molecule has 0 unspecified atom stereocenters. The fourth-order valence-corrected chi connectivity index (χ4v) is 3.75. The van der Waals surface area contributed by atoms with Crippen LogP contribution in [0.4, 0.5) is 10.1 Å². The molecule has 2 aromatic rings. The largest absolute Gasteiger partial charge is 0.465 e. The van der Waals surface area contributed by atoms with Gasteiger partial charge in [-0.1, -0.05) is 25.5 Å². The number of aromatic nitrogens is 1. The molecule has 1 aromatic carbocycles. The van der Waals surface area contributed by atoms with Crippen LogP contribution in [0.15, 0.2) is 24.3 Å². The molecule has 0 atom stereocenters. The summed E-state index contributed by atoms with van der Waals surface area (Å²) >= 11 is 0. The number of hydrogen-bond donors (Lipinski definition) is 1. The monoisotopic (exact) mass is 387 g/mol. The maximum Gasteiger partial charge on any atom is 0.339 e. The number of aromatic amines is 1. The minimum absolute atomic E-state index is 0.130. The number of piperazine rings is 1. The van der Waals surface area contributed by atoms with Crippen LogP contribution in [0.3, 0.4) is 0 Å². The lowest BCUT2D eigenvalue weighted by molar-refractivity contribution is 0.0599. The molecular formula is C21H26FN3O3. The van der Waals surface area contributed by atoms with Gasteiger partial charge in [-0.15, -0.1) is 0 Å². The molecular weight excluding hydrogens is 361 g/mol. The Balaban J connectivity index is 1.78. The van der Waals surface area contributed by atoms with E-state index in [1.165, 1.54) is 13.2 Å². The van der Waals surface area contributed by atoms with Gasteiger partial charge >= 0.3 is 5.97 Å². The number of carbonyl (C=O) groups is 2. The van der Waals surface area contributed by atoms with Crippen LogP contribution < -0.4 is 4.90 Å². The predicted octanol–water partition coefficient (Wildman–Crippen LogP) is 3.16. The number of ether oxygens (including phenoxy) is 1. The lowest BCUT2D eigenvalue weighted by Crippen LogP contribution is -2.49. The summed E-state index contributed by atoms with van der Waals surface area (Å²) in [5.74, 6) is -0.814. The third-order valence-corrected chi connectivity index (χ3v) is 5.15. The van der Waals surface area contributed by atoms with Crippen molar-refractivity contribution in [2.45, 2.75) is 26.7 Å². The summed E-state index contributed by atoms with van der Waals surface area (Å²) in [6.45, 7) is 5.87. The number of benzene rings is 1. The second-order valence-corrected chi connectivity index (χ2v) is 6.95. The van der Waals surface area contributed by atoms with E-state index in [-0.39, 0.29) is 11.7 Å². The maximum atomic E-state index is 14.0. The summed E-state index contributed by atoms with van der Waals surface area (Å²) in [5, 5.41) is 0. The van der Waals surface area contributed by atoms with E-state index < -0.39 is 5.97 Å². The number of nitrogens with one attached hydrogen (secondary N) is 1. The van der Waals surface area contributed by atoms with Gasteiger partial charge in [-0.2, -0.15) is 0 Å². The fraction of sp³-hybridized carbons (Fsp3) is 0.429. The number of esters is 1. The molecule has 7 heteroatoms. The first-order chi connectivity index (χ1) is 13.5. The van der Waals surface area contributed by atoms with Crippen LogP contribution in [0.5, 0.6) is 0 Å². The van der Waals surface area contributed by atoms with Crippen molar-refractivity contribution in [3.05, 3.63) is 52.6 Å². The SMILES string of the molecule is CCCc1c(C(=O)N2CCN(c3ccccc3F)CC2)[nH]c(C)c1C(=O)OC. The second kappa shape index (κ2) is 8.46. The summed E-state index contributed by atoms with van der Waals surface area (Å²) in [6, 6.07) is 6.67. The van der Waals surface area contributed by atoms with E-state index in [2.05, 4.69) is 4.98 Å². The lowest BCUT2D eigenvalue weighted by atomic mass is 10.0. The van der Waals surface area contributed by atoms with E-state index in [1.54, 1.807) is 24.0 Å². The number of para-hydroxylation sites is 1. The number of H-pyrrole nitrogens is 1. The Morgan fingerprint density at radius 1 is 1.18 bits per heavy atom. The van der Waals surface area contributed by atoms with Crippen LogP contribution in [0, 0.1) is 12.7 Å². The van der Waals surface area contributed by atoms with Gasteiger partial charge in [0.2, 0.25) is 0 Å². The molecule has 6 nitrogen and oxygen atoms in total. The van der Waals surface area contributed by atoms with Gasteiger partial charge in [0, 0.05) is 31.9 Å². The topological polar surface area (TPSA) is 65.6 Å². The zero-order valence-corrected chi connectivity index (χ0v) is 16.5. The van der Waals surface area contributed by atoms with Crippen LogP contribution in [0.1, 0.15) is 45.4 Å².